The maximum atomic E-state index is 13.4. The molecule has 0 saturated heterocycles. The lowest BCUT2D eigenvalue weighted by molar-refractivity contribution is -0.124. The molecule has 0 radical (unpaired) electrons. The van der Waals surface area contributed by atoms with Gasteiger partial charge in [-0.1, -0.05) is 0 Å². The first-order valence-corrected chi connectivity index (χ1v) is 6.05. The van der Waals surface area contributed by atoms with Crippen molar-refractivity contribution < 1.29 is 22.3 Å². The maximum Gasteiger partial charge on any atom is 0.258 e. The Bertz CT molecular complexity index is 544. The standard InChI is InChI=1S/C9H11FN2O4S/c1-5(9(11)13)16-8-3-2-6(4-7(8)10)17(12,14)15/h2-5H,1H3,(H2,11,13)(H2,12,14,15). The van der Waals surface area contributed by atoms with Gasteiger partial charge in [0.15, 0.2) is 17.7 Å². The van der Waals surface area contributed by atoms with Crippen molar-refractivity contribution in [3.05, 3.63) is 24.0 Å². The van der Waals surface area contributed by atoms with E-state index in [2.05, 4.69) is 0 Å². The van der Waals surface area contributed by atoms with E-state index in [1.807, 2.05) is 0 Å². The lowest BCUT2D eigenvalue weighted by atomic mass is 10.3. The van der Waals surface area contributed by atoms with Crippen molar-refractivity contribution in [1.82, 2.24) is 0 Å². The number of carbonyl (C=O) groups is 1. The number of primary sulfonamides is 1. The third kappa shape index (κ3) is 3.40. The van der Waals surface area contributed by atoms with Crippen molar-refractivity contribution in [2.24, 2.45) is 10.9 Å². The molecule has 0 bridgehead atoms. The molecular weight excluding hydrogens is 251 g/mol. The Balaban J connectivity index is 3.03. The van der Waals surface area contributed by atoms with E-state index in [-0.39, 0.29) is 10.6 Å². The zero-order valence-electron chi connectivity index (χ0n) is 8.88. The minimum absolute atomic E-state index is 0.274. The van der Waals surface area contributed by atoms with Gasteiger partial charge in [-0.15, -0.1) is 0 Å². The number of halogens is 1. The van der Waals surface area contributed by atoms with Crippen molar-refractivity contribution in [2.75, 3.05) is 0 Å². The van der Waals surface area contributed by atoms with Gasteiger partial charge in [-0.2, -0.15) is 0 Å². The highest BCUT2D eigenvalue weighted by molar-refractivity contribution is 7.89. The zero-order chi connectivity index (χ0) is 13.2. The molecule has 0 aliphatic rings. The Morgan fingerprint density at radius 3 is 2.47 bits per heavy atom. The topological polar surface area (TPSA) is 112 Å². The molecule has 17 heavy (non-hydrogen) atoms. The van der Waals surface area contributed by atoms with E-state index in [9.17, 15) is 17.6 Å². The Kier molecular flexibility index (Phi) is 3.69. The quantitative estimate of drug-likeness (QED) is 0.777. The van der Waals surface area contributed by atoms with Crippen LogP contribution in [0.3, 0.4) is 0 Å². The van der Waals surface area contributed by atoms with Gasteiger partial charge in [0.05, 0.1) is 4.90 Å². The molecule has 94 valence electrons. The number of benzene rings is 1. The van der Waals surface area contributed by atoms with Crippen molar-refractivity contribution in [3.63, 3.8) is 0 Å². The summed E-state index contributed by atoms with van der Waals surface area (Å²) in [7, 11) is -3.97. The summed E-state index contributed by atoms with van der Waals surface area (Å²) in [4.78, 5) is 10.3. The summed E-state index contributed by atoms with van der Waals surface area (Å²) in [6.07, 6.45) is -1.02. The van der Waals surface area contributed by atoms with Crippen molar-refractivity contribution >= 4 is 15.9 Å². The minimum Gasteiger partial charge on any atom is -0.478 e. The molecule has 0 aliphatic carbocycles. The third-order valence-corrected chi connectivity index (χ3v) is 2.85. The average molecular weight is 262 g/mol. The predicted molar refractivity (Wildman–Crippen MR) is 57.1 cm³/mol. The normalized spacial score (nSPS) is 13.1. The Morgan fingerprint density at radius 2 is 2.06 bits per heavy atom. The molecule has 8 heteroatoms. The smallest absolute Gasteiger partial charge is 0.258 e. The second kappa shape index (κ2) is 4.68. The first-order chi connectivity index (χ1) is 7.71. The fraction of sp³-hybridized carbons (Fsp3) is 0.222. The van der Waals surface area contributed by atoms with E-state index >= 15 is 0 Å². The van der Waals surface area contributed by atoms with Gasteiger partial charge in [0.25, 0.3) is 5.91 Å². The highest BCUT2D eigenvalue weighted by Crippen LogP contribution is 2.21. The summed E-state index contributed by atoms with van der Waals surface area (Å²) in [6, 6.07) is 2.84. The number of rotatable bonds is 4. The van der Waals surface area contributed by atoms with Gasteiger partial charge in [-0.25, -0.2) is 17.9 Å². The monoisotopic (exact) mass is 262 g/mol. The van der Waals surface area contributed by atoms with Crippen LogP contribution in [0.2, 0.25) is 0 Å². The van der Waals surface area contributed by atoms with Crippen LogP contribution >= 0.6 is 0 Å². The van der Waals surface area contributed by atoms with E-state index in [1.165, 1.54) is 6.92 Å². The van der Waals surface area contributed by atoms with Crippen LogP contribution in [0.4, 0.5) is 4.39 Å². The van der Waals surface area contributed by atoms with Gasteiger partial charge in [0.1, 0.15) is 0 Å². The Morgan fingerprint density at radius 1 is 1.47 bits per heavy atom. The molecule has 0 heterocycles. The Hall–Kier alpha value is -1.67. The molecule has 1 unspecified atom stereocenters. The molecule has 6 nitrogen and oxygen atoms in total. The van der Waals surface area contributed by atoms with Crippen LogP contribution in [0, 0.1) is 5.82 Å². The van der Waals surface area contributed by atoms with Crippen LogP contribution in [0.25, 0.3) is 0 Å². The van der Waals surface area contributed by atoms with E-state index in [1.54, 1.807) is 0 Å². The third-order valence-electron chi connectivity index (χ3n) is 1.94. The Labute approximate surface area is 97.4 Å². The SMILES string of the molecule is CC(Oc1ccc(S(N)(=O)=O)cc1F)C(N)=O. The van der Waals surface area contributed by atoms with Crippen LogP contribution in [-0.4, -0.2) is 20.4 Å². The highest BCUT2D eigenvalue weighted by Gasteiger charge is 2.16. The summed E-state index contributed by atoms with van der Waals surface area (Å²) in [6.45, 7) is 1.34. The van der Waals surface area contributed by atoms with Crippen LogP contribution in [0.1, 0.15) is 6.92 Å². The number of sulfonamides is 1. The fourth-order valence-electron chi connectivity index (χ4n) is 1.00. The summed E-state index contributed by atoms with van der Waals surface area (Å²) >= 11 is 0. The summed E-state index contributed by atoms with van der Waals surface area (Å²) < 4.78 is 40.1. The second-order valence-corrected chi connectivity index (χ2v) is 4.86. The van der Waals surface area contributed by atoms with E-state index < -0.39 is 27.9 Å². The van der Waals surface area contributed by atoms with Gasteiger partial charge in [0.2, 0.25) is 10.0 Å². The molecular formula is C9H11FN2O4S. The molecule has 1 amide bonds. The molecule has 1 atom stereocenters. The molecule has 1 aromatic carbocycles. The first kappa shape index (κ1) is 13.4. The molecule has 4 N–H and O–H groups in total. The van der Waals surface area contributed by atoms with Crippen LogP contribution < -0.4 is 15.6 Å². The number of amides is 1. The number of hydrogen-bond donors (Lipinski definition) is 2. The summed E-state index contributed by atoms with van der Waals surface area (Å²) in [5.41, 5.74) is 4.93. The number of carbonyl (C=O) groups excluding carboxylic acids is 1. The number of nitrogens with two attached hydrogens (primary N) is 2. The molecule has 0 aromatic heterocycles. The highest BCUT2D eigenvalue weighted by atomic mass is 32.2. The molecule has 0 aliphatic heterocycles. The minimum atomic E-state index is -3.97. The van der Waals surface area contributed by atoms with Crippen molar-refractivity contribution in [3.8, 4) is 5.75 Å². The number of hydrogen-bond acceptors (Lipinski definition) is 4. The van der Waals surface area contributed by atoms with Gasteiger partial charge in [-0.3, -0.25) is 4.79 Å². The second-order valence-electron chi connectivity index (χ2n) is 3.30. The fourth-order valence-corrected chi connectivity index (χ4v) is 1.53. The zero-order valence-corrected chi connectivity index (χ0v) is 9.70. The van der Waals surface area contributed by atoms with Gasteiger partial charge in [0, 0.05) is 0 Å². The number of ether oxygens (including phenoxy) is 1. The van der Waals surface area contributed by atoms with Gasteiger partial charge < -0.3 is 10.5 Å². The molecule has 0 spiro atoms. The predicted octanol–water partition coefficient (Wildman–Crippen LogP) is -0.274. The number of primary amides is 1. The molecule has 1 rings (SSSR count). The first-order valence-electron chi connectivity index (χ1n) is 4.50. The summed E-state index contributed by atoms with van der Waals surface area (Å²) in [5, 5.41) is 4.82. The van der Waals surface area contributed by atoms with E-state index in [0.717, 1.165) is 12.1 Å². The molecule has 0 fully saturated rings. The maximum absolute atomic E-state index is 13.4. The van der Waals surface area contributed by atoms with Crippen LogP contribution in [0.5, 0.6) is 5.75 Å². The lowest BCUT2D eigenvalue weighted by Gasteiger charge is -2.12. The van der Waals surface area contributed by atoms with Gasteiger partial charge >= 0.3 is 0 Å². The molecule has 0 saturated carbocycles. The van der Waals surface area contributed by atoms with Crippen molar-refractivity contribution in [2.45, 2.75) is 17.9 Å². The van der Waals surface area contributed by atoms with E-state index in [4.69, 9.17) is 15.6 Å². The van der Waals surface area contributed by atoms with Crippen molar-refractivity contribution in [1.29, 1.82) is 0 Å². The van der Waals surface area contributed by atoms with Crippen LogP contribution in [-0.2, 0) is 14.8 Å². The summed E-state index contributed by atoms with van der Waals surface area (Å²) in [5.74, 6) is -1.98. The van der Waals surface area contributed by atoms with E-state index in [0.29, 0.717) is 6.07 Å². The van der Waals surface area contributed by atoms with Gasteiger partial charge in [-0.05, 0) is 25.1 Å². The molecule has 1 aromatic rings. The average Bonchev–Trinajstić information content (AvgIpc) is 2.19. The van der Waals surface area contributed by atoms with Crippen LogP contribution in [0.15, 0.2) is 23.1 Å². The lowest BCUT2D eigenvalue weighted by Crippen LogP contribution is -2.30. The largest absolute Gasteiger partial charge is 0.478 e.